The summed E-state index contributed by atoms with van der Waals surface area (Å²) >= 11 is 0. The number of nitrogens with zero attached hydrogens (tertiary/aromatic N) is 4. The Labute approximate surface area is 241 Å². The quantitative estimate of drug-likeness (QED) is 0.225. The molecule has 4 nitrogen and oxygen atoms in total. The lowest BCUT2D eigenvalue weighted by Gasteiger charge is -2.14. The average molecular weight is 537 g/mol. The molecule has 196 valence electrons. The standard InChI is InChI=1S/C38H24N4/c1-2-13-27(14-3-1)41-24-23-26-21-22-31-29-16-7-9-20-34(29)42(37(31)36(26)41)38-39-33-19-8-6-17-32(33)35(40-38)30-18-10-12-25-11-4-5-15-28(25)30/h1-24H. The first kappa shape index (κ1) is 23.0. The largest absolute Gasteiger partial charge is 0.315 e. The Kier molecular flexibility index (Phi) is 4.87. The molecule has 0 N–H and O–H groups in total. The summed E-state index contributed by atoms with van der Waals surface area (Å²) in [7, 11) is 0. The number of aromatic nitrogens is 4. The number of para-hydroxylation sites is 3. The first-order chi connectivity index (χ1) is 20.8. The molecular weight excluding hydrogens is 512 g/mol. The molecule has 6 aromatic carbocycles. The zero-order valence-corrected chi connectivity index (χ0v) is 22.6. The molecule has 4 heteroatoms. The van der Waals surface area contributed by atoms with E-state index in [0.717, 1.165) is 44.4 Å². The van der Waals surface area contributed by atoms with Crippen molar-refractivity contribution in [2.45, 2.75) is 0 Å². The van der Waals surface area contributed by atoms with Crippen LogP contribution in [0.4, 0.5) is 0 Å². The summed E-state index contributed by atoms with van der Waals surface area (Å²) in [6.45, 7) is 0. The maximum Gasteiger partial charge on any atom is 0.235 e. The maximum atomic E-state index is 5.40. The molecular formula is C38H24N4. The second-order valence-electron chi connectivity index (χ2n) is 10.7. The van der Waals surface area contributed by atoms with Crippen LogP contribution in [0.25, 0.3) is 77.3 Å². The number of hydrogen-bond acceptors (Lipinski definition) is 2. The summed E-state index contributed by atoms with van der Waals surface area (Å²) in [6, 6.07) is 49.0. The van der Waals surface area contributed by atoms with Crippen molar-refractivity contribution in [1.29, 1.82) is 0 Å². The number of benzene rings is 6. The third-order valence-electron chi connectivity index (χ3n) is 8.36. The van der Waals surface area contributed by atoms with Crippen molar-refractivity contribution in [3.63, 3.8) is 0 Å². The van der Waals surface area contributed by atoms with Crippen molar-refractivity contribution < 1.29 is 0 Å². The van der Waals surface area contributed by atoms with Gasteiger partial charge in [0.25, 0.3) is 0 Å². The van der Waals surface area contributed by atoms with Crippen LogP contribution in [0.15, 0.2) is 146 Å². The van der Waals surface area contributed by atoms with Crippen LogP contribution in [0.5, 0.6) is 0 Å². The third-order valence-corrected chi connectivity index (χ3v) is 8.36. The lowest BCUT2D eigenvalue weighted by Crippen LogP contribution is -2.04. The Morgan fingerprint density at radius 1 is 0.452 bits per heavy atom. The van der Waals surface area contributed by atoms with E-state index in [-0.39, 0.29) is 0 Å². The van der Waals surface area contributed by atoms with Crippen LogP contribution in [0.1, 0.15) is 0 Å². The fourth-order valence-corrected chi connectivity index (χ4v) is 6.49. The van der Waals surface area contributed by atoms with Gasteiger partial charge in [0.2, 0.25) is 5.95 Å². The minimum absolute atomic E-state index is 0.663. The summed E-state index contributed by atoms with van der Waals surface area (Å²) in [5.41, 5.74) is 7.39. The fraction of sp³-hybridized carbons (Fsp3) is 0. The first-order valence-electron chi connectivity index (χ1n) is 14.2. The molecule has 0 saturated carbocycles. The van der Waals surface area contributed by atoms with E-state index < -0.39 is 0 Å². The van der Waals surface area contributed by atoms with Crippen molar-refractivity contribution >= 4 is 54.4 Å². The van der Waals surface area contributed by atoms with Crippen LogP contribution in [-0.2, 0) is 0 Å². The van der Waals surface area contributed by atoms with Crippen LogP contribution >= 0.6 is 0 Å². The number of hydrogen-bond donors (Lipinski definition) is 0. The van der Waals surface area contributed by atoms with Gasteiger partial charge in [-0.3, -0.25) is 4.57 Å². The first-order valence-corrected chi connectivity index (χ1v) is 14.2. The van der Waals surface area contributed by atoms with Gasteiger partial charge < -0.3 is 4.57 Å². The van der Waals surface area contributed by atoms with Gasteiger partial charge in [0.05, 0.1) is 27.8 Å². The van der Waals surface area contributed by atoms with Gasteiger partial charge in [0, 0.05) is 39.0 Å². The molecule has 3 heterocycles. The Bertz CT molecular complexity index is 2460. The van der Waals surface area contributed by atoms with Crippen molar-refractivity contribution in [3.8, 4) is 22.9 Å². The van der Waals surface area contributed by atoms with Gasteiger partial charge in [-0.05, 0) is 41.1 Å². The fourth-order valence-electron chi connectivity index (χ4n) is 6.49. The molecule has 0 saturated heterocycles. The summed E-state index contributed by atoms with van der Waals surface area (Å²) in [4.78, 5) is 10.6. The van der Waals surface area contributed by atoms with Crippen molar-refractivity contribution in [3.05, 3.63) is 146 Å². The van der Waals surface area contributed by atoms with Crippen LogP contribution in [0.2, 0.25) is 0 Å². The molecule has 0 amide bonds. The molecule has 0 aliphatic carbocycles. The number of fused-ring (bicyclic) bond motifs is 7. The average Bonchev–Trinajstić information content (AvgIpc) is 3.64. The van der Waals surface area contributed by atoms with Crippen molar-refractivity contribution in [2.24, 2.45) is 0 Å². The smallest absolute Gasteiger partial charge is 0.235 e. The van der Waals surface area contributed by atoms with Gasteiger partial charge in [-0.25, -0.2) is 9.97 Å². The molecule has 0 radical (unpaired) electrons. The summed E-state index contributed by atoms with van der Waals surface area (Å²) < 4.78 is 4.53. The topological polar surface area (TPSA) is 35.6 Å². The van der Waals surface area contributed by atoms with Gasteiger partial charge in [-0.15, -0.1) is 0 Å². The molecule has 0 fully saturated rings. The van der Waals surface area contributed by atoms with Gasteiger partial charge in [-0.2, -0.15) is 0 Å². The lowest BCUT2D eigenvalue weighted by atomic mass is 9.99. The molecule has 0 aliphatic rings. The monoisotopic (exact) mass is 536 g/mol. The molecule has 0 spiro atoms. The molecule has 9 rings (SSSR count). The normalized spacial score (nSPS) is 11.8. The van der Waals surface area contributed by atoms with E-state index in [4.69, 9.17) is 9.97 Å². The minimum atomic E-state index is 0.663. The van der Waals surface area contributed by atoms with Gasteiger partial charge >= 0.3 is 0 Å². The van der Waals surface area contributed by atoms with E-state index in [9.17, 15) is 0 Å². The highest BCUT2D eigenvalue weighted by atomic mass is 15.2. The summed E-state index contributed by atoms with van der Waals surface area (Å²) in [5.74, 6) is 0.663. The highest BCUT2D eigenvalue weighted by molar-refractivity contribution is 6.18. The van der Waals surface area contributed by atoms with Crippen molar-refractivity contribution in [1.82, 2.24) is 19.1 Å². The van der Waals surface area contributed by atoms with E-state index in [1.165, 1.54) is 26.9 Å². The minimum Gasteiger partial charge on any atom is -0.315 e. The molecule has 3 aromatic heterocycles. The molecule has 0 bridgehead atoms. The highest BCUT2D eigenvalue weighted by Crippen LogP contribution is 2.39. The van der Waals surface area contributed by atoms with E-state index in [0.29, 0.717) is 5.95 Å². The molecule has 9 aromatic rings. The zero-order chi connectivity index (χ0) is 27.6. The second-order valence-corrected chi connectivity index (χ2v) is 10.7. The molecule has 0 unspecified atom stereocenters. The maximum absolute atomic E-state index is 5.40. The Balaban J connectivity index is 1.45. The number of rotatable bonds is 3. The van der Waals surface area contributed by atoms with E-state index in [1.54, 1.807) is 0 Å². The lowest BCUT2D eigenvalue weighted by molar-refractivity contribution is 1.01. The molecule has 0 aliphatic heterocycles. The Hall–Kier alpha value is -5.74. The van der Waals surface area contributed by atoms with E-state index in [1.807, 2.05) is 0 Å². The van der Waals surface area contributed by atoms with Gasteiger partial charge in [-0.1, -0.05) is 109 Å². The van der Waals surface area contributed by atoms with Gasteiger partial charge in [0.15, 0.2) is 0 Å². The predicted octanol–water partition coefficient (Wildman–Crippen LogP) is 9.49. The Morgan fingerprint density at radius 3 is 2.10 bits per heavy atom. The molecule has 0 atom stereocenters. The second kappa shape index (κ2) is 8.88. The SMILES string of the molecule is c1ccc(-n2ccc3ccc4c5ccccc5n(-c5nc(-c6cccc7ccccc67)c6ccccc6n5)c4c32)cc1. The Morgan fingerprint density at radius 2 is 1.19 bits per heavy atom. The van der Waals surface area contributed by atoms with E-state index >= 15 is 0 Å². The van der Waals surface area contributed by atoms with Crippen molar-refractivity contribution in [2.75, 3.05) is 0 Å². The van der Waals surface area contributed by atoms with Gasteiger partial charge in [0.1, 0.15) is 0 Å². The molecule has 42 heavy (non-hydrogen) atoms. The van der Waals surface area contributed by atoms with E-state index in [2.05, 4.69) is 155 Å². The van der Waals surface area contributed by atoms with Crippen LogP contribution < -0.4 is 0 Å². The third kappa shape index (κ3) is 3.29. The zero-order valence-electron chi connectivity index (χ0n) is 22.6. The van der Waals surface area contributed by atoms with Crippen LogP contribution in [0, 0.1) is 0 Å². The predicted molar refractivity (Wildman–Crippen MR) is 174 cm³/mol. The summed E-state index contributed by atoms with van der Waals surface area (Å²) in [5, 5.41) is 6.94. The highest BCUT2D eigenvalue weighted by Gasteiger charge is 2.21. The summed E-state index contributed by atoms with van der Waals surface area (Å²) in [6.07, 6.45) is 2.16. The van der Waals surface area contributed by atoms with Crippen LogP contribution in [-0.4, -0.2) is 19.1 Å². The van der Waals surface area contributed by atoms with Crippen LogP contribution in [0.3, 0.4) is 0 Å².